The number of imidazole rings is 1. The first-order valence-electron chi connectivity index (χ1n) is 7.57. The summed E-state index contributed by atoms with van der Waals surface area (Å²) in [4.78, 5) is 4.93. The lowest BCUT2D eigenvalue weighted by molar-refractivity contribution is 0.186. The monoisotopic (exact) mass is 271 g/mol. The highest BCUT2D eigenvalue weighted by Crippen LogP contribution is 2.40. The van der Waals surface area contributed by atoms with Gasteiger partial charge in [0.2, 0.25) is 0 Å². The first kappa shape index (κ1) is 12.4. The van der Waals surface area contributed by atoms with E-state index in [1.54, 1.807) is 7.11 Å². The zero-order chi connectivity index (χ0) is 13.5. The van der Waals surface area contributed by atoms with Crippen molar-refractivity contribution in [3.05, 3.63) is 30.1 Å². The quantitative estimate of drug-likeness (QED) is 0.927. The van der Waals surface area contributed by atoms with Crippen LogP contribution in [0.4, 0.5) is 0 Å². The van der Waals surface area contributed by atoms with E-state index in [1.165, 1.54) is 30.6 Å². The number of hydrogen-bond donors (Lipinski definition) is 1. The van der Waals surface area contributed by atoms with Crippen LogP contribution >= 0.6 is 0 Å². The summed E-state index contributed by atoms with van der Waals surface area (Å²) in [5.41, 5.74) is 2.35. The van der Waals surface area contributed by atoms with Crippen molar-refractivity contribution in [2.45, 2.75) is 43.8 Å². The van der Waals surface area contributed by atoms with Crippen LogP contribution in [0.15, 0.2) is 24.3 Å². The number of rotatable bonds is 4. The van der Waals surface area contributed by atoms with E-state index in [4.69, 9.17) is 9.72 Å². The number of fused-ring (bicyclic) bond motifs is 3. The van der Waals surface area contributed by atoms with Gasteiger partial charge in [0.1, 0.15) is 5.82 Å². The maximum absolute atomic E-state index is 5.28. The molecule has 0 amide bonds. The highest BCUT2D eigenvalue weighted by Gasteiger charge is 2.41. The van der Waals surface area contributed by atoms with Crippen molar-refractivity contribution < 1.29 is 4.74 Å². The maximum Gasteiger partial charge on any atom is 0.114 e. The molecule has 0 radical (unpaired) electrons. The third-order valence-electron chi connectivity index (χ3n) is 4.83. The smallest absolute Gasteiger partial charge is 0.114 e. The fourth-order valence-electron chi connectivity index (χ4n) is 3.90. The zero-order valence-corrected chi connectivity index (χ0v) is 11.9. The fraction of sp³-hybridized carbons (Fsp3) is 0.562. The van der Waals surface area contributed by atoms with Crippen LogP contribution in [0.2, 0.25) is 0 Å². The molecular formula is C16H21N3O. The molecule has 2 aliphatic heterocycles. The Bertz CT molecular complexity index is 621. The third-order valence-corrected chi connectivity index (χ3v) is 4.83. The number of nitrogens with one attached hydrogen (secondary N) is 1. The molecule has 20 heavy (non-hydrogen) atoms. The number of ether oxygens (including phenoxy) is 1. The molecule has 2 bridgehead atoms. The molecule has 2 fully saturated rings. The minimum Gasteiger partial charge on any atom is -0.383 e. The summed E-state index contributed by atoms with van der Waals surface area (Å²) < 4.78 is 7.65. The maximum atomic E-state index is 5.28. The zero-order valence-electron chi connectivity index (χ0n) is 11.9. The Balaban J connectivity index is 1.77. The van der Waals surface area contributed by atoms with Gasteiger partial charge >= 0.3 is 0 Å². The number of aromatic nitrogens is 2. The summed E-state index contributed by atoms with van der Waals surface area (Å²) in [6.45, 7) is 1.63. The van der Waals surface area contributed by atoms with E-state index >= 15 is 0 Å². The topological polar surface area (TPSA) is 39.1 Å². The lowest BCUT2D eigenvalue weighted by atomic mass is 9.88. The molecule has 106 valence electrons. The van der Waals surface area contributed by atoms with Crippen molar-refractivity contribution in [1.82, 2.24) is 14.9 Å². The van der Waals surface area contributed by atoms with Crippen LogP contribution < -0.4 is 5.32 Å². The number of hydrogen-bond acceptors (Lipinski definition) is 3. The van der Waals surface area contributed by atoms with Crippen molar-refractivity contribution in [1.29, 1.82) is 0 Å². The molecule has 3 unspecified atom stereocenters. The predicted octanol–water partition coefficient (Wildman–Crippen LogP) is 2.29. The normalized spacial score (nSPS) is 28.6. The van der Waals surface area contributed by atoms with Gasteiger partial charge in [-0.25, -0.2) is 4.98 Å². The number of nitrogens with zero attached hydrogens (tertiary/aromatic N) is 2. The molecule has 4 nitrogen and oxygen atoms in total. The molecule has 2 aromatic rings. The predicted molar refractivity (Wildman–Crippen MR) is 78.9 cm³/mol. The molecule has 2 aliphatic rings. The summed E-state index contributed by atoms with van der Waals surface area (Å²) >= 11 is 0. The van der Waals surface area contributed by atoms with E-state index < -0.39 is 0 Å². The standard InChI is InChI=1S/C16H21N3O/c1-20-9-8-19-15-5-3-2-4-14(15)18-16(19)12-10-11-6-7-13(12)17-11/h2-5,11-13,17H,6-10H2,1H3. The van der Waals surface area contributed by atoms with Gasteiger partial charge in [-0.3, -0.25) is 0 Å². The molecule has 3 atom stereocenters. The minimum absolute atomic E-state index is 0.568. The summed E-state index contributed by atoms with van der Waals surface area (Å²) in [6, 6.07) is 9.78. The van der Waals surface area contributed by atoms with Crippen molar-refractivity contribution in [2.24, 2.45) is 0 Å². The highest BCUT2D eigenvalue weighted by molar-refractivity contribution is 5.76. The van der Waals surface area contributed by atoms with Crippen LogP contribution in [0.5, 0.6) is 0 Å². The van der Waals surface area contributed by atoms with Crippen molar-refractivity contribution in [3.63, 3.8) is 0 Å². The third kappa shape index (κ3) is 1.86. The second kappa shape index (κ2) is 4.86. The second-order valence-electron chi connectivity index (χ2n) is 5.99. The lowest BCUT2D eigenvalue weighted by Gasteiger charge is -2.21. The van der Waals surface area contributed by atoms with Gasteiger partial charge in [0.15, 0.2) is 0 Å². The summed E-state index contributed by atoms with van der Waals surface area (Å²) in [7, 11) is 1.76. The Morgan fingerprint density at radius 3 is 3.00 bits per heavy atom. The molecule has 0 saturated carbocycles. The molecule has 1 aromatic carbocycles. The number of benzene rings is 1. The van der Waals surface area contributed by atoms with Crippen molar-refractivity contribution in [2.75, 3.05) is 13.7 Å². The van der Waals surface area contributed by atoms with Crippen molar-refractivity contribution in [3.8, 4) is 0 Å². The van der Waals surface area contributed by atoms with Gasteiger partial charge < -0.3 is 14.6 Å². The summed E-state index contributed by atoms with van der Waals surface area (Å²) in [6.07, 6.45) is 3.86. The van der Waals surface area contributed by atoms with E-state index in [1.807, 2.05) is 0 Å². The largest absolute Gasteiger partial charge is 0.383 e. The Hall–Kier alpha value is -1.39. The summed E-state index contributed by atoms with van der Waals surface area (Å²) in [5.74, 6) is 1.82. The van der Waals surface area contributed by atoms with Gasteiger partial charge in [-0.2, -0.15) is 0 Å². The first-order valence-corrected chi connectivity index (χ1v) is 7.57. The molecule has 1 aromatic heterocycles. The van der Waals surface area contributed by atoms with Crippen LogP contribution in [-0.2, 0) is 11.3 Å². The number of methoxy groups -OCH3 is 1. The average Bonchev–Trinajstić information content (AvgIpc) is 3.18. The average molecular weight is 271 g/mol. The van der Waals surface area contributed by atoms with Gasteiger partial charge in [0, 0.05) is 31.7 Å². The fourth-order valence-corrected chi connectivity index (χ4v) is 3.90. The lowest BCUT2D eigenvalue weighted by Crippen LogP contribution is -2.24. The Labute approximate surface area is 119 Å². The van der Waals surface area contributed by atoms with E-state index in [-0.39, 0.29) is 0 Å². The molecule has 4 heteroatoms. The van der Waals surface area contributed by atoms with E-state index in [0.717, 1.165) is 18.7 Å². The molecule has 3 heterocycles. The summed E-state index contributed by atoms with van der Waals surface area (Å²) in [5, 5.41) is 3.72. The van der Waals surface area contributed by atoms with Crippen LogP contribution in [0.3, 0.4) is 0 Å². The second-order valence-corrected chi connectivity index (χ2v) is 5.99. The van der Waals surface area contributed by atoms with Crippen LogP contribution in [0.1, 0.15) is 31.0 Å². The molecule has 2 saturated heterocycles. The van der Waals surface area contributed by atoms with E-state index in [9.17, 15) is 0 Å². The van der Waals surface area contributed by atoms with Crippen molar-refractivity contribution >= 4 is 11.0 Å². The van der Waals surface area contributed by atoms with Gasteiger partial charge in [-0.15, -0.1) is 0 Å². The Morgan fingerprint density at radius 1 is 1.35 bits per heavy atom. The van der Waals surface area contributed by atoms with E-state index in [2.05, 4.69) is 34.1 Å². The van der Waals surface area contributed by atoms with Gasteiger partial charge in [0.05, 0.1) is 17.6 Å². The molecule has 1 N–H and O–H groups in total. The first-order chi connectivity index (χ1) is 9.86. The van der Waals surface area contributed by atoms with Crippen LogP contribution in [0, 0.1) is 0 Å². The molecule has 4 rings (SSSR count). The number of para-hydroxylation sites is 2. The SMILES string of the molecule is COCCn1c(C2CC3CCC2N3)nc2ccccc21. The minimum atomic E-state index is 0.568. The van der Waals surface area contributed by atoms with Gasteiger partial charge in [-0.1, -0.05) is 12.1 Å². The van der Waals surface area contributed by atoms with Gasteiger partial charge in [-0.05, 0) is 31.4 Å². The highest BCUT2D eigenvalue weighted by atomic mass is 16.5. The van der Waals surface area contributed by atoms with Gasteiger partial charge in [0.25, 0.3) is 0 Å². The van der Waals surface area contributed by atoms with Crippen LogP contribution in [0.25, 0.3) is 11.0 Å². The Kier molecular flexibility index (Phi) is 3.00. The van der Waals surface area contributed by atoms with E-state index in [0.29, 0.717) is 18.0 Å². The Morgan fingerprint density at radius 2 is 2.25 bits per heavy atom. The molecule has 0 aliphatic carbocycles. The molecular weight excluding hydrogens is 250 g/mol. The van der Waals surface area contributed by atoms with Crippen LogP contribution in [-0.4, -0.2) is 35.4 Å². The molecule has 0 spiro atoms.